The number of piperidine rings is 2. The van der Waals surface area contributed by atoms with Gasteiger partial charge in [0.05, 0.1) is 18.8 Å². The number of benzene rings is 2. The Morgan fingerprint density at radius 1 is 1.18 bits per heavy atom. The molecule has 2 aliphatic heterocycles. The molecule has 2 amide bonds. The zero-order valence-electron chi connectivity index (χ0n) is 23.2. The lowest BCUT2D eigenvalue weighted by Crippen LogP contribution is -2.54. The van der Waals surface area contributed by atoms with Gasteiger partial charge in [-0.1, -0.05) is 49.7 Å². The van der Waals surface area contributed by atoms with Crippen molar-refractivity contribution >= 4 is 12.0 Å². The fourth-order valence-corrected chi connectivity index (χ4v) is 6.15. The zero-order valence-corrected chi connectivity index (χ0v) is 23.2. The molecule has 4 rings (SSSR count). The highest BCUT2D eigenvalue weighted by atomic mass is 19.1. The van der Waals surface area contributed by atoms with E-state index in [-0.39, 0.29) is 23.7 Å². The Balaban J connectivity index is 1.68. The average Bonchev–Trinajstić information content (AvgIpc) is 2.99. The smallest absolute Gasteiger partial charge is 0.406 e. The molecule has 7 nitrogen and oxygen atoms in total. The number of nitrogens with zero attached hydrogens (tertiary/aromatic N) is 1. The van der Waals surface area contributed by atoms with Gasteiger partial charge in [0, 0.05) is 31.1 Å². The van der Waals surface area contributed by atoms with Gasteiger partial charge in [0.25, 0.3) is 0 Å². The van der Waals surface area contributed by atoms with Gasteiger partial charge in [-0.3, -0.25) is 4.79 Å². The highest BCUT2D eigenvalue weighted by Gasteiger charge is 2.43. The summed E-state index contributed by atoms with van der Waals surface area (Å²) in [6.45, 7) is 4.27. The minimum atomic E-state index is -1.41. The van der Waals surface area contributed by atoms with E-state index in [0.29, 0.717) is 50.0 Å². The number of nitrogens with one attached hydrogen (secondary N) is 2. The van der Waals surface area contributed by atoms with Gasteiger partial charge < -0.3 is 25.4 Å². The van der Waals surface area contributed by atoms with Crippen molar-refractivity contribution in [3.05, 3.63) is 59.4 Å². The van der Waals surface area contributed by atoms with E-state index in [1.54, 1.807) is 6.07 Å². The van der Waals surface area contributed by atoms with E-state index in [9.17, 15) is 14.7 Å². The van der Waals surface area contributed by atoms with Gasteiger partial charge in [0.1, 0.15) is 5.82 Å². The summed E-state index contributed by atoms with van der Waals surface area (Å²) in [6, 6.07) is 12.5. The second kappa shape index (κ2) is 13.4. The standard InChI is InChI=1S/C31H42FN3O4/c1-3-22-10-6-11-23(20-22)28-25(13-7-14-26(28)32)31(38,16-9-18-34-30(37)39-2)24-12-8-19-35(21-24)29(36)27-15-4-5-17-33-27/h6-7,10-11,13-14,20,24,27,33,38H,3-5,8-9,12,15-19,21H2,1-2H3,(H,34,37)/t24-,27?,31+/m1/s1. The Labute approximate surface area is 231 Å². The number of halogens is 1. The van der Waals surface area contributed by atoms with Crippen molar-refractivity contribution in [1.82, 2.24) is 15.5 Å². The summed E-state index contributed by atoms with van der Waals surface area (Å²) in [4.78, 5) is 26.9. The highest BCUT2D eigenvalue weighted by molar-refractivity contribution is 5.82. The van der Waals surface area contributed by atoms with Crippen LogP contribution in [0.4, 0.5) is 9.18 Å². The first-order valence-electron chi connectivity index (χ1n) is 14.3. The van der Waals surface area contributed by atoms with Gasteiger partial charge >= 0.3 is 6.09 Å². The lowest BCUT2D eigenvalue weighted by Gasteiger charge is -2.44. The number of aliphatic hydroxyl groups is 1. The molecule has 2 saturated heterocycles. The molecule has 39 heavy (non-hydrogen) atoms. The molecule has 2 fully saturated rings. The molecule has 0 saturated carbocycles. The summed E-state index contributed by atoms with van der Waals surface area (Å²) < 4.78 is 20.3. The number of methoxy groups -OCH3 is 1. The van der Waals surface area contributed by atoms with E-state index in [2.05, 4.69) is 22.3 Å². The molecule has 3 atom stereocenters. The average molecular weight is 540 g/mol. The third-order valence-corrected chi connectivity index (χ3v) is 8.31. The zero-order chi connectivity index (χ0) is 27.8. The van der Waals surface area contributed by atoms with Gasteiger partial charge in [0.15, 0.2) is 0 Å². The first kappa shape index (κ1) is 29.0. The summed E-state index contributed by atoms with van der Waals surface area (Å²) in [7, 11) is 1.31. The van der Waals surface area contributed by atoms with Crippen LogP contribution >= 0.6 is 0 Å². The SMILES string of the molecule is CCc1cccc(-c2c(F)cccc2[C@](O)(CCCNC(=O)OC)[C@@H]2CCCN(C(=O)C3CCCCN3)C2)c1. The molecule has 212 valence electrons. The minimum absolute atomic E-state index is 0.0872. The van der Waals surface area contributed by atoms with Crippen LogP contribution in [0, 0.1) is 11.7 Å². The summed E-state index contributed by atoms with van der Waals surface area (Å²) >= 11 is 0. The van der Waals surface area contributed by atoms with Crippen molar-refractivity contribution < 1.29 is 23.8 Å². The van der Waals surface area contributed by atoms with Crippen LogP contribution in [0.3, 0.4) is 0 Å². The van der Waals surface area contributed by atoms with Crippen molar-refractivity contribution in [3.8, 4) is 11.1 Å². The fourth-order valence-electron chi connectivity index (χ4n) is 6.15. The van der Waals surface area contributed by atoms with E-state index < -0.39 is 11.7 Å². The van der Waals surface area contributed by atoms with Gasteiger partial charge in [-0.25, -0.2) is 9.18 Å². The predicted octanol–water partition coefficient (Wildman–Crippen LogP) is 4.76. The Hall–Kier alpha value is -2.97. The Bertz CT molecular complexity index is 1140. The normalized spacial score (nSPS) is 21.2. The molecule has 2 aromatic rings. The van der Waals surface area contributed by atoms with Gasteiger partial charge in [0.2, 0.25) is 5.91 Å². The number of hydrogen-bond acceptors (Lipinski definition) is 5. The maximum atomic E-state index is 15.6. The molecule has 8 heteroatoms. The van der Waals surface area contributed by atoms with Crippen LogP contribution in [-0.2, 0) is 21.6 Å². The molecule has 2 heterocycles. The number of amides is 2. The molecule has 0 spiro atoms. The van der Waals surface area contributed by atoms with Crippen LogP contribution in [0.5, 0.6) is 0 Å². The van der Waals surface area contributed by atoms with Crippen LogP contribution in [-0.4, -0.2) is 61.3 Å². The molecular weight excluding hydrogens is 497 g/mol. The van der Waals surface area contributed by atoms with E-state index >= 15 is 4.39 Å². The topological polar surface area (TPSA) is 90.9 Å². The van der Waals surface area contributed by atoms with Crippen LogP contribution < -0.4 is 10.6 Å². The molecule has 2 aliphatic rings. The maximum Gasteiger partial charge on any atom is 0.406 e. The van der Waals surface area contributed by atoms with Gasteiger partial charge in [-0.2, -0.15) is 0 Å². The van der Waals surface area contributed by atoms with E-state index in [4.69, 9.17) is 0 Å². The summed E-state index contributed by atoms with van der Waals surface area (Å²) in [5.41, 5.74) is 1.33. The second-order valence-electron chi connectivity index (χ2n) is 10.8. The number of carbonyl (C=O) groups excluding carboxylic acids is 2. The third-order valence-electron chi connectivity index (χ3n) is 8.31. The first-order valence-corrected chi connectivity index (χ1v) is 14.3. The molecule has 0 radical (unpaired) electrons. The van der Waals surface area contributed by atoms with Crippen molar-refractivity contribution in [2.24, 2.45) is 5.92 Å². The molecule has 1 unspecified atom stereocenters. The van der Waals surface area contributed by atoms with Crippen LogP contribution in [0.1, 0.15) is 63.0 Å². The van der Waals surface area contributed by atoms with E-state index in [1.807, 2.05) is 35.2 Å². The van der Waals surface area contributed by atoms with E-state index in [1.165, 1.54) is 13.2 Å². The number of carbonyl (C=O) groups is 2. The molecule has 0 bridgehead atoms. The number of ether oxygens (including phenoxy) is 1. The third kappa shape index (κ3) is 6.79. The highest BCUT2D eigenvalue weighted by Crippen LogP contribution is 2.44. The second-order valence-corrected chi connectivity index (χ2v) is 10.8. The molecule has 0 aromatic heterocycles. The quantitative estimate of drug-likeness (QED) is 0.400. The van der Waals surface area contributed by atoms with Gasteiger partial charge in [-0.15, -0.1) is 0 Å². The number of aryl methyl sites for hydroxylation is 1. The number of likely N-dealkylation sites (tertiary alicyclic amines) is 1. The fraction of sp³-hybridized carbons (Fsp3) is 0.548. The lowest BCUT2D eigenvalue weighted by atomic mass is 9.72. The van der Waals surface area contributed by atoms with Crippen LogP contribution in [0.15, 0.2) is 42.5 Å². The number of hydrogen-bond donors (Lipinski definition) is 3. The van der Waals surface area contributed by atoms with Crippen molar-refractivity contribution in [2.75, 3.05) is 33.3 Å². The molecular formula is C31H42FN3O4. The number of rotatable bonds is 9. The van der Waals surface area contributed by atoms with Crippen LogP contribution in [0.25, 0.3) is 11.1 Å². The monoisotopic (exact) mass is 539 g/mol. The number of alkyl carbamates (subject to hydrolysis) is 1. The summed E-state index contributed by atoms with van der Waals surface area (Å²) in [5, 5.41) is 18.6. The lowest BCUT2D eigenvalue weighted by molar-refractivity contribution is -0.139. The Morgan fingerprint density at radius 2 is 2.00 bits per heavy atom. The maximum absolute atomic E-state index is 15.6. The van der Waals surface area contributed by atoms with E-state index in [0.717, 1.165) is 49.8 Å². The van der Waals surface area contributed by atoms with Crippen molar-refractivity contribution in [3.63, 3.8) is 0 Å². The summed E-state index contributed by atoms with van der Waals surface area (Å²) in [5.74, 6) is -0.585. The first-order chi connectivity index (χ1) is 18.9. The van der Waals surface area contributed by atoms with Crippen molar-refractivity contribution in [1.29, 1.82) is 0 Å². The molecule has 2 aromatic carbocycles. The predicted molar refractivity (Wildman–Crippen MR) is 150 cm³/mol. The van der Waals surface area contributed by atoms with Gasteiger partial charge in [-0.05, 0) is 74.2 Å². The molecule has 0 aliphatic carbocycles. The summed E-state index contributed by atoms with van der Waals surface area (Å²) in [6.07, 6.45) is 5.46. The van der Waals surface area contributed by atoms with Crippen LogP contribution in [0.2, 0.25) is 0 Å². The Morgan fingerprint density at radius 3 is 2.74 bits per heavy atom. The largest absolute Gasteiger partial charge is 0.453 e. The Kier molecular flexibility index (Phi) is 9.97. The minimum Gasteiger partial charge on any atom is -0.453 e. The van der Waals surface area contributed by atoms with Crippen molar-refractivity contribution in [2.45, 2.75) is 69.9 Å². The molecule has 3 N–H and O–H groups in total.